The molecular weight excluding hydrogens is 550 g/mol. The Morgan fingerprint density at radius 2 is 1.38 bits per heavy atom. The molecule has 216 valence electrons. The highest BCUT2D eigenvalue weighted by atomic mass is 32.1. The van der Waals surface area contributed by atoms with E-state index in [1.165, 1.54) is 22.5 Å². The van der Waals surface area contributed by atoms with Crippen LogP contribution in [0.25, 0.3) is 11.1 Å². The van der Waals surface area contributed by atoms with Crippen LogP contribution in [0.5, 0.6) is 0 Å². The molecule has 0 bridgehead atoms. The Balaban J connectivity index is 1.14. The van der Waals surface area contributed by atoms with Crippen LogP contribution in [0, 0.1) is 6.92 Å². The summed E-state index contributed by atoms with van der Waals surface area (Å²) in [6.07, 6.45) is 0. The Labute approximate surface area is 249 Å². The quantitative estimate of drug-likeness (QED) is 0.263. The molecule has 42 heavy (non-hydrogen) atoms. The monoisotopic (exact) mass is 583 g/mol. The summed E-state index contributed by atoms with van der Waals surface area (Å²) in [4.78, 5) is 42.5. The number of aryl methyl sites for hydroxylation is 1. The molecule has 1 aliphatic rings. The van der Waals surface area contributed by atoms with Crippen molar-refractivity contribution >= 4 is 34.1 Å². The maximum absolute atomic E-state index is 12.9. The lowest BCUT2D eigenvalue weighted by atomic mass is 9.96. The number of carboxylic acid groups (broad SMARTS) is 1. The molecule has 1 fully saturated rings. The number of piperazine rings is 1. The lowest BCUT2D eigenvalue weighted by Gasteiger charge is -2.39. The fraction of sp³-hybridized carbons (Fsp3) is 0.242. The molecule has 0 unspecified atom stereocenters. The topological polar surface area (TPSA) is 99.2 Å². The molecule has 4 aromatic rings. The maximum Gasteiger partial charge on any atom is 0.339 e. The molecular formula is C33H33N3O5S. The number of benzene rings is 3. The highest BCUT2D eigenvalue weighted by Crippen LogP contribution is 2.39. The van der Waals surface area contributed by atoms with Crippen LogP contribution in [0.2, 0.25) is 0 Å². The van der Waals surface area contributed by atoms with E-state index in [1.807, 2.05) is 73.7 Å². The van der Waals surface area contributed by atoms with Gasteiger partial charge in [0, 0.05) is 36.6 Å². The average Bonchev–Trinajstić information content (AvgIpc) is 3.34. The second-order valence-electron chi connectivity index (χ2n) is 10.1. The Kier molecular flexibility index (Phi) is 9.43. The summed E-state index contributed by atoms with van der Waals surface area (Å²) in [5, 5.41) is 12.8. The number of rotatable bonds is 10. The lowest BCUT2D eigenvalue weighted by molar-refractivity contribution is -0.139. The van der Waals surface area contributed by atoms with E-state index in [0.29, 0.717) is 31.7 Å². The number of carbonyl (C=O) groups is 3. The molecule has 8 nitrogen and oxygen atoms in total. The van der Waals surface area contributed by atoms with Crippen LogP contribution in [0.4, 0.5) is 5.00 Å². The summed E-state index contributed by atoms with van der Waals surface area (Å²) in [5.74, 6) is -1.81. The Hall–Kier alpha value is -4.31. The summed E-state index contributed by atoms with van der Waals surface area (Å²) in [5.41, 5.74) is 3.82. The van der Waals surface area contributed by atoms with Crippen molar-refractivity contribution in [3.63, 3.8) is 0 Å². The number of carboxylic acids is 1. The first-order chi connectivity index (χ1) is 20.4. The lowest BCUT2D eigenvalue weighted by Crippen LogP contribution is -2.50. The van der Waals surface area contributed by atoms with Crippen molar-refractivity contribution in [1.29, 1.82) is 0 Å². The Morgan fingerprint density at radius 1 is 0.833 bits per heavy atom. The van der Waals surface area contributed by atoms with Crippen LogP contribution < -0.4 is 5.32 Å². The van der Waals surface area contributed by atoms with Crippen molar-refractivity contribution in [2.75, 3.05) is 44.7 Å². The second-order valence-corrected chi connectivity index (χ2v) is 11.3. The Bertz CT molecular complexity index is 1480. The van der Waals surface area contributed by atoms with Gasteiger partial charge in [-0.2, -0.15) is 0 Å². The fourth-order valence-electron chi connectivity index (χ4n) is 5.39. The highest BCUT2D eigenvalue weighted by Gasteiger charge is 2.28. The number of amides is 2. The van der Waals surface area contributed by atoms with Gasteiger partial charge in [0.2, 0.25) is 5.91 Å². The van der Waals surface area contributed by atoms with Gasteiger partial charge in [0.15, 0.2) is 0 Å². The smallest absolute Gasteiger partial charge is 0.339 e. The van der Waals surface area contributed by atoms with Crippen molar-refractivity contribution in [2.45, 2.75) is 13.0 Å². The normalized spacial score (nSPS) is 13.7. The second kappa shape index (κ2) is 13.6. The maximum atomic E-state index is 12.9. The van der Waals surface area contributed by atoms with Gasteiger partial charge in [0.1, 0.15) is 23.8 Å². The number of nitrogens with one attached hydrogen (secondary N) is 1. The number of aromatic carboxylic acids is 1. The molecule has 2 heterocycles. The first-order valence-electron chi connectivity index (χ1n) is 13.8. The molecule has 1 saturated heterocycles. The molecule has 2 amide bonds. The summed E-state index contributed by atoms with van der Waals surface area (Å²) < 4.78 is 5.46. The van der Waals surface area contributed by atoms with Gasteiger partial charge in [0.25, 0.3) is 5.91 Å². The van der Waals surface area contributed by atoms with Gasteiger partial charge in [-0.15, -0.1) is 11.3 Å². The zero-order valence-electron chi connectivity index (χ0n) is 23.4. The predicted octanol–water partition coefficient (Wildman–Crippen LogP) is 5.31. The van der Waals surface area contributed by atoms with E-state index < -0.39 is 11.9 Å². The number of anilines is 1. The number of hydrogen-bond acceptors (Lipinski definition) is 6. The molecule has 0 atom stereocenters. The summed E-state index contributed by atoms with van der Waals surface area (Å²) in [7, 11) is 0. The number of hydrogen-bond donors (Lipinski definition) is 2. The van der Waals surface area contributed by atoms with Crippen LogP contribution in [-0.4, -0.2) is 72.1 Å². The van der Waals surface area contributed by atoms with E-state index in [4.69, 9.17) is 4.74 Å². The third-order valence-electron chi connectivity index (χ3n) is 7.33. The SMILES string of the molecule is Cc1sc(NC(=O)COCC(=O)N2CCN(C(c3ccccc3)c3ccccc3)CC2)c(C(=O)O)c1-c1ccccc1. The molecule has 0 saturated carbocycles. The molecule has 9 heteroatoms. The largest absolute Gasteiger partial charge is 0.478 e. The van der Waals surface area contributed by atoms with E-state index in [0.717, 1.165) is 10.4 Å². The Morgan fingerprint density at radius 3 is 1.93 bits per heavy atom. The average molecular weight is 584 g/mol. The van der Waals surface area contributed by atoms with E-state index in [2.05, 4.69) is 34.5 Å². The van der Waals surface area contributed by atoms with Crippen LogP contribution in [0.1, 0.15) is 32.4 Å². The van der Waals surface area contributed by atoms with Gasteiger partial charge in [-0.1, -0.05) is 91.0 Å². The number of nitrogens with zero attached hydrogens (tertiary/aromatic N) is 2. The summed E-state index contributed by atoms with van der Waals surface area (Å²) in [6.45, 7) is 3.78. The molecule has 0 spiro atoms. The van der Waals surface area contributed by atoms with Gasteiger partial charge in [0.05, 0.1) is 6.04 Å². The van der Waals surface area contributed by atoms with Gasteiger partial charge in [-0.3, -0.25) is 14.5 Å². The first-order valence-corrected chi connectivity index (χ1v) is 14.7. The van der Waals surface area contributed by atoms with Gasteiger partial charge < -0.3 is 20.1 Å². The van der Waals surface area contributed by atoms with Crippen molar-refractivity contribution in [2.24, 2.45) is 0 Å². The predicted molar refractivity (Wildman–Crippen MR) is 164 cm³/mol. The van der Waals surface area contributed by atoms with Crippen molar-refractivity contribution in [1.82, 2.24) is 9.80 Å². The van der Waals surface area contributed by atoms with Gasteiger partial charge in [-0.05, 0) is 23.6 Å². The van der Waals surface area contributed by atoms with E-state index >= 15 is 0 Å². The van der Waals surface area contributed by atoms with Gasteiger partial charge >= 0.3 is 5.97 Å². The third kappa shape index (κ3) is 6.76. The van der Waals surface area contributed by atoms with E-state index in [1.54, 1.807) is 4.90 Å². The fourth-order valence-corrected chi connectivity index (χ4v) is 6.47. The summed E-state index contributed by atoms with van der Waals surface area (Å²) in [6, 6.07) is 30.0. The van der Waals surface area contributed by atoms with Crippen LogP contribution >= 0.6 is 11.3 Å². The highest BCUT2D eigenvalue weighted by molar-refractivity contribution is 7.17. The molecule has 3 aromatic carbocycles. The zero-order chi connectivity index (χ0) is 29.5. The van der Waals surface area contributed by atoms with E-state index in [9.17, 15) is 19.5 Å². The molecule has 5 rings (SSSR count). The molecule has 1 aromatic heterocycles. The van der Waals surface area contributed by atoms with Gasteiger partial charge in [-0.25, -0.2) is 4.79 Å². The zero-order valence-corrected chi connectivity index (χ0v) is 24.2. The molecule has 1 aliphatic heterocycles. The molecule has 0 radical (unpaired) electrons. The van der Waals surface area contributed by atoms with E-state index in [-0.39, 0.29) is 35.7 Å². The number of thiophene rings is 1. The van der Waals surface area contributed by atoms with Crippen molar-refractivity contribution in [3.8, 4) is 11.1 Å². The van der Waals surface area contributed by atoms with Crippen LogP contribution in [0.15, 0.2) is 91.0 Å². The van der Waals surface area contributed by atoms with Crippen LogP contribution in [0.3, 0.4) is 0 Å². The molecule has 2 N–H and O–H groups in total. The van der Waals surface area contributed by atoms with Crippen molar-refractivity contribution < 1.29 is 24.2 Å². The number of ether oxygens (including phenoxy) is 1. The minimum atomic E-state index is -1.12. The molecule has 0 aliphatic carbocycles. The standard InChI is InChI=1S/C33H33N3O5S/c1-23-29(24-11-5-2-6-12-24)30(33(39)40)32(42-23)34-27(37)21-41-22-28(38)35-17-19-36(20-18-35)31(25-13-7-3-8-14-25)26-15-9-4-10-16-26/h2-16,31H,17-22H2,1H3,(H,34,37)(H,39,40). The number of carbonyl (C=O) groups excluding carboxylic acids is 2. The third-order valence-corrected chi connectivity index (χ3v) is 8.36. The summed E-state index contributed by atoms with van der Waals surface area (Å²) >= 11 is 1.21. The van der Waals surface area contributed by atoms with Crippen molar-refractivity contribution in [3.05, 3.63) is 113 Å². The minimum Gasteiger partial charge on any atom is -0.478 e. The van der Waals surface area contributed by atoms with Crippen LogP contribution in [-0.2, 0) is 14.3 Å². The minimum absolute atomic E-state index is 0.0512. The first kappa shape index (κ1) is 29.2.